The van der Waals surface area contributed by atoms with Crippen molar-refractivity contribution in [1.29, 1.82) is 0 Å². The number of aryl methyl sites for hydroxylation is 1. The molecular weight excluding hydrogens is 377 g/mol. The van der Waals surface area contributed by atoms with Gasteiger partial charge in [0.1, 0.15) is 5.75 Å². The molecule has 0 fully saturated rings. The van der Waals surface area contributed by atoms with E-state index in [1.54, 1.807) is 13.2 Å². The van der Waals surface area contributed by atoms with Gasteiger partial charge >= 0.3 is 6.18 Å². The number of alkyl halides is 3. The first-order valence-electron chi connectivity index (χ1n) is 8.61. The van der Waals surface area contributed by atoms with Gasteiger partial charge in [-0.15, -0.1) is 0 Å². The van der Waals surface area contributed by atoms with Crippen molar-refractivity contribution >= 4 is 22.5 Å². The summed E-state index contributed by atoms with van der Waals surface area (Å²) in [5, 5.41) is 0.624. The molecule has 2 aromatic carbocycles. The molecule has 0 atom stereocenters. The molecule has 0 aliphatic rings. The van der Waals surface area contributed by atoms with Crippen molar-refractivity contribution in [2.75, 3.05) is 13.7 Å². The normalized spacial score (nSPS) is 11.9. The Balaban J connectivity index is 2.16. The minimum absolute atomic E-state index is 0.311. The molecule has 0 bridgehead atoms. The van der Waals surface area contributed by atoms with E-state index in [-0.39, 0.29) is 5.02 Å². The van der Waals surface area contributed by atoms with Crippen LogP contribution in [0.25, 0.3) is 22.2 Å². The van der Waals surface area contributed by atoms with Crippen molar-refractivity contribution in [3.8, 4) is 17.0 Å². The second-order valence-electron chi connectivity index (χ2n) is 6.33. The van der Waals surface area contributed by atoms with Crippen molar-refractivity contribution in [2.24, 2.45) is 5.73 Å². The lowest BCUT2D eigenvalue weighted by atomic mass is 9.99. The number of halogens is 4. The fourth-order valence-electron chi connectivity index (χ4n) is 3.20. The molecule has 3 rings (SSSR count). The Labute approximate surface area is 160 Å². The molecule has 144 valence electrons. The van der Waals surface area contributed by atoms with Gasteiger partial charge in [0.2, 0.25) is 0 Å². The van der Waals surface area contributed by atoms with Gasteiger partial charge in [-0.1, -0.05) is 17.7 Å². The lowest BCUT2D eigenvalue weighted by molar-refractivity contribution is -0.137. The minimum Gasteiger partial charge on any atom is -0.497 e. The molecule has 3 nitrogen and oxygen atoms in total. The van der Waals surface area contributed by atoms with Crippen LogP contribution in [0.1, 0.15) is 24.0 Å². The van der Waals surface area contributed by atoms with Gasteiger partial charge in [0.05, 0.1) is 17.7 Å². The number of H-pyrrole nitrogens is 1. The Hall–Kier alpha value is -2.18. The predicted molar refractivity (Wildman–Crippen MR) is 102 cm³/mol. The second-order valence-corrected chi connectivity index (χ2v) is 6.74. The Kier molecular flexibility index (Phi) is 5.67. The number of fused-ring (bicyclic) bond motifs is 1. The molecule has 0 radical (unpaired) electrons. The van der Waals surface area contributed by atoms with E-state index in [0.717, 1.165) is 35.4 Å². The highest BCUT2D eigenvalue weighted by atomic mass is 35.5. The molecule has 0 aliphatic heterocycles. The monoisotopic (exact) mass is 396 g/mol. The maximum Gasteiger partial charge on any atom is 0.417 e. The van der Waals surface area contributed by atoms with E-state index >= 15 is 0 Å². The molecular formula is C20H20ClF3N2O. The molecule has 0 spiro atoms. The Morgan fingerprint density at radius 1 is 1.11 bits per heavy atom. The summed E-state index contributed by atoms with van der Waals surface area (Å²) in [6.45, 7) is 0.570. The highest BCUT2D eigenvalue weighted by Gasteiger charge is 2.33. The minimum atomic E-state index is -4.51. The van der Waals surface area contributed by atoms with E-state index in [1.165, 1.54) is 6.07 Å². The maximum atomic E-state index is 13.3. The number of hydrogen-bond acceptors (Lipinski definition) is 2. The Morgan fingerprint density at radius 3 is 2.56 bits per heavy atom. The van der Waals surface area contributed by atoms with Crippen LogP contribution in [0.5, 0.6) is 5.75 Å². The lowest BCUT2D eigenvalue weighted by Crippen LogP contribution is -2.06. The predicted octanol–water partition coefficient (Wildman–Crippen LogP) is 5.80. The highest BCUT2D eigenvalue weighted by molar-refractivity contribution is 6.31. The van der Waals surface area contributed by atoms with Crippen LogP contribution in [0.2, 0.25) is 5.02 Å². The first kappa shape index (κ1) is 19.6. The lowest BCUT2D eigenvalue weighted by Gasteiger charge is -2.12. The molecule has 27 heavy (non-hydrogen) atoms. The Morgan fingerprint density at radius 2 is 1.89 bits per heavy atom. The topological polar surface area (TPSA) is 51.0 Å². The van der Waals surface area contributed by atoms with Crippen molar-refractivity contribution in [1.82, 2.24) is 4.98 Å². The van der Waals surface area contributed by atoms with Crippen LogP contribution in [0, 0.1) is 0 Å². The third kappa shape index (κ3) is 4.06. The molecule has 0 amide bonds. The molecule has 0 aliphatic carbocycles. The summed E-state index contributed by atoms with van der Waals surface area (Å²) >= 11 is 5.77. The maximum absolute atomic E-state index is 13.3. The molecule has 1 heterocycles. The van der Waals surface area contributed by atoms with Crippen LogP contribution in [-0.2, 0) is 12.6 Å². The number of hydrogen-bond donors (Lipinski definition) is 2. The van der Waals surface area contributed by atoms with Gasteiger partial charge in [0.15, 0.2) is 0 Å². The van der Waals surface area contributed by atoms with E-state index in [9.17, 15) is 13.2 Å². The van der Waals surface area contributed by atoms with Crippen LogP contribution >= 0.6 is 11.6 Å². The van der Waals surface area contributed by atoms with Gasteiger partial charge < -0.3 is 15.5 Å². The molecule has 0 saturated carbocycles. The summed E-state index contributed by atoms with van der Waals surface area (Å²) in [6, 6.07) is 9.56. The number of rotatable bonds is 6. The molecule has 3 N–H and O–H groups in total. The van der Waals surface area contributed by atoms with Crippen LogP contribution in [0.4, 0.5) is 13.2 Å². The summed E-state index contributed by atoms with van der Waals surface area (Å²) in [5.74, 6) is 0.695. The van der Waals surface area contributed by atoms with E-state index in [1.807, 2.05) is 18.2 Å². The smallest absolute Gasteiger partial charge is 0.417 e. The summed E-state index contributed by atoms with van der Waals surface area (Å²) < 4.78 is 45.1. The number of nitrogens with two attached hydrogens (primary N) is 1. The van der Waals surface area contributed by atoms with Gasteiger partial charge in [-0.05, 0) is 67.3 Å². The number of nitrogens with one attached hydrogen (secondary N) is 1. The zero-order chi connectivity index (χ0) is 19.6. The van der Waals surface area contributed by atoms with Gasteiger partial charge in [0.25, 0.3) is 0 Å². The fourth-order valence-corrected chi connectivity index (χ4v) is 3.43. The molecule has 0 unspecified atom stereocenters. The average molecular weight is 397 g/mol. The van der Waals surface area contributed by atoms with E-state index < -0.39 is 11.7 Å². The Bertz CT molecular complexity index is 950. The standard InChI is InChI=1S/C20H20ClF3N2O/c1-27-13-6-8-18-15(11-13)14(4-2-3-9-25)19(26-18)12-5-7-17(21)16(10-12)20(22,23)24/h5-8,10-11,26H,2-4,9,25H2,1H3. The number of aromatic nitrogens is 1. The zero-order valence-corrected chi connectivity index (χ0v) is 15.5. The number of ether oxygens (including phenoxy) is 1. The van der Waals surface area contributed by atoms with E-state index in [0.29, 0.717) is 30.0 Å². The van der Waals surface area contributed by atoms with E-state index in [2.05, 4.69) is 4.98 Å². The molecule has 3 aromatic rings. The summed E-state index contributed by atoms with van der Waals surface area (Å²) in [7, 11) is 1.58. The van der Waals surface area contributed by atoms with Crippen molar-refractivity contribution in [3.05, 3.63) is 52.5 Å². The van der Waals surface area contributed by atoms with Gasteiger partial charge in [-0.2, -0.15) is 13.2 Å². The number of benzene rings is 2. The average Bonchev–Trinajstić information content (AvgIpc) is 2.99. The first-order valence-corrected chi connectivity index (χ1v) is 8.98. The quantitative estimate of drug-likeness (QED) is 0.517. The third-order valence-electron chi connectivity index (χ3n) is 4.55. The largest absolute Gasteiger partial charge is 0.497 e. The number of unbranched alkanes of at least 4 members (excludes halogenated alkanes) is 1. The third-order valence-corrected chi connectivity index (χ3v) is 4.88. The van der Waals surface area contributed by atoms with Crippen LogP contribution in [-0.4, -0.2) is 18.6 Å². The molecule has 7 heteroatoms. The SMILES string of the molecule is COc1ccc2[nH]c(-c3ccc(Cl)c(C(F)(F)F)c3)c(CCCCN)c2c1. The zero-order valence-electron chi connectivity index (χ0n) is 14.8. The molecule has 0 saturated heterocycles. The number of methoxy groups -OCH3 is 1. The van der Waals surface area contributed by atoms with E-state index in [4.69, 9.17) is 22.1 Å². The summed E-state index contributed by atoms with van der Waals surface area (Å²) in [6.07, 6.45) is -2.14. The second kappa shape index (κ2) is 7.82. The summed E-state index contributed by atoms with van der Waals surface area (Å²) in [5.41, 5.74) is 7.66. The van der Waals surface area contributed by atoms with Gasteiger partial charge in [0, 0.05) is 16.6 Å². The number of aromatic amines is 1. The summed E-state index contributed by atoms with van der Waals surface area (Å²) in [4.78, 5) is 3.26. The van der Waals surface area contributed by atoms with Crippen molar-refractivity contribution in [3.63, 3.8) is 0 Å². The first-order chi connectivity index (χ1) is 12.8. The van der Waals surface area contributed by atoms with Gasteiger partial charge in [-0.25, -0.2) is 0 Å². The van der Waals surface area contributed by atoms with Crippen LogP contribution in [0.15, 0.2) is 36.4 Å². The van der Waals surface area contributed by atoms with Crippen LogP contribution < -0.4 is 10.5 Å². The highest BCUT2D eigenvalue weighted by Crippen LogP contribution is 2.39. The fraction of sp³-hybridized carbons (Fsp3) is 0.300. The van der Waals surface area contributed by atoms with Gasteiger partial charge in [-0.3, -0.25) is 0 Å². The van der Waals surface area contributed by atoms with Crippen LogP contribution in [0.3, 0.4) is 0 Å². The van der Waals surface area contributed by atoms with Crippen molar-refractivity contribution in [2.45, 2.75) is 25.4 Å². The molecule has 1 aromatic heterocycles. The van der Waals surface area contributed by atoms with Crippen molar-refractivity contribution < 1.29 is 17.9 Å².